The molecule has 0 aromatic heterocycles. The van der Waals surface area contributed by atoms with E-state index in [1.54, 1.807) is 36.4 Å². The molecule has 1 heterocycles. The van der Waals surface area contributed by atoms with Gasteiger partial charge in [-0.3, -0.25) is 4.79 Å². The van der Waals surface area contributed by atoms with Crippen LogP contribution in [0.2, 0.25) is 0 Å². The minimum atomic E-state index is -5.79. The van der Waals surface area contributed by atoms with Gasteiger partial charge in [0, 0.05) is 11.1 Å². The van der Waals surface area contributed by atoms with Gasteiger partial charge in [0.15, 0.2) is 0 Å². The van der Waals surface area contributed by atoms with Crippen LogP contribution in [-0.2, 0) is 14.8 Å². The number of carbonyl (C=O) groups excluding carboxylic acids is 1. The minimum absolute atomic E-state index is 0.278. The smallest absolute Gasteiger partial charge is 0.457 e. The molecule has 0 spiro atoms. The lowest BCUT2D eigenvalue weighted by Crippen LogP contribution is -2.43. The largest absolute Gasteiger partial charge is 0.516 e. The summed E-state index contributed by atoms with van der Waals surface area (Å²) in [6.45, 7) is 0. The predicted molar refractivity (Wildman–Crippen MR) is 77.9 cm³/mol. The summed E-state index contributed by atoms with van der Waals surface area (Å²) in [5.41, 5.74) is -5.01. The zero-order valence-corrected chi connectivity index (χ0v) is 12.7. The van der Waals surface area contributed by atoms with Crippen molar-refractivity contribution < 1.29 is 31.1 Å². The van der Waals surface area contributed by atoms with Crippen molar-refractivity contribution in [3.63, 3.8) is 0 Å². The molecule has 0 aliphatic carbocycles. The number of hydrogen-bond acceptors (Lipinski definition) is 4. The molecule has 1 amide bonds. The number of nitrogens with one attached hydrogen (secondary N) is 1. The Bertz CT molecular complexity index is 863. The molecule has 5 nitrogen and oxygen atoms in total. The van der Waals surface area contributed by atoms with Crippen LogP contribution >= 0.6 is 0 Å². The van der Waals surface area contributed by atoms with Crippen LogP contribution in [0.5, 0.6) is 11.5 Å². The minimum Gasteiger partial charge on any atom is -0.457 e. The highest BCUT2D eigenvalue weighted by Crippen LogP contribution is 2.44. The number of benzene rings is 2. The Kier molecular flexibility index (Phi) is 3.75. The van der Waals surface area contributed by atoms with E-state index in [1.165, 1.54) is 12.1 Å². The van der Waals surface area contributed by atoms with E-state index in [2.05, 4.69) is 0 Å². The summed E-state index contributed by atoms with van der Waals surface area (Å²) in [5.74, 6) is -1.97. The van der Waals surface area contributed by atoms with Gasteiger partial charge in [-0.15, -0.1) is 0 Å². The highest BCUT2D eigenvalue weighted by atomic mass is 32.2. The maximum absolute atomic E-state index is 12.5. The van der Waals surface area contributed by atoms with Crippen LogP contribution in [-0.4, -0.2) is 19.8 Å². The van der Waals surface area contributed by atoms with Crippen molar-refractivity contribution >= 4 is 15.9 Å². The molecule has 2 aromatic carbocycles. The zero-order valence-electron chi connectivity index (χ0n) is 11.9. The van der Waals surface area contributed by atoms with Gasteiger partial charge in [0.1, 0.15) is 11.5 Å². The van der Waals surface area contributed by atoms with Gasteiger partial charge in [0.05, 0.1) is 5.92 Å². The molecule has 0 bridgehead atoms. The van der Waals surface area contributed by atoms with Crippen molar-refractivity contribution in [2.45, 2.75) is 11.4 Å². The molecular weight excluding hydrogens is 347 g/mol. The zero-order chi connectivity index (χ0) is 17.5. The Hall–Kier alpha value is -2.55. The fraction of sp³-hybridized carbons (Fsp3) is 0.133. The van der Waals surface area contributed by atoms with Crippen LogP contribution in [0, 0.1) is 0 Å². The predicted octanol–water partition coefficient (Wildman–Crippen LogP) is 2.89. The average Bonchev–Trinajstić information content (AvgIpc) is 2.50. The number of alkyl halides is 3. The van der Waals surface area contributed by atoms with Gasteiger partial charge in [0.25, 0.3) is 0 Å². The number of carbonyl (C=O) groups is 1. The molecule has 3 rings (SSSR count). The van der Waals surface area contributed by atoms with Gasteiger partial charge in [0.2, 0.25) is 5.91 Å². The fourth-order valence-electron chi connectivity index (χ4n) is 2.44. The molecule has 0 radical (unpaired) electrons. The second-order valence-corrected chi connectivity index (χ2v) is 6.70. The Morgan fingerprint density at radius 1 is 0.958 bits per heavy atom. The summed E-state index contributed by atoms with van der Waals surface area (Å²) in [5, 5.41) is 0. The second-order valence-electron chi connectivity index (χ2n) is 5.03. The monoisotopic (exact) mass is 357 g/mol. The number of hydrogen-bond donors (Lipinski definition) is 1. The van der Waals surface area contributed by atoms with Crippen LogP contribution in [0.25, 0.3) is 0 Å². The van der Waals surface area contributed by atoms with Crippen LogP contribution in [0.1, 0.15) is 17.0 Å². The van der Waals surface area contributed by atoms with Crippen LogP contribution in [0.4, 0.5) is 13.2 Å². The lowest BCUT2D eigenvalue weighted by Gasteiger charge is -2.27. The lowest BCUT2D eigenvalue weighted by molar-refractivity contribution is -0.120. The molecule has 2 aromatic rings. The molecule has 0 fully saturated rings. The number of amides is 1. The topological polar surface area (TPSA) is 72.5 Å². The van der Waals surface area contributed by atoms with Gasteiger partial charge >= 0.3 is 15.5 Å². The van der Waals surface area contributed by atoms with Crippen molar-refractivity contribution in [3.05, 3.63) is 59.7 Å². The first-order valence-electron chi connectivity index (χ1n) is 6.69. The number of rotatable bonds is 2. The maximum Gasteiger partial charge on any atom is 0.516 e. The SMILES string of the molecule is O=C(NS(=O)(=O)C(F)(F)F)C1c2ccccc2Oc2ccccc21. The van der Waals surface area contributed by atoms with Crippen LogP contribution in [0.3, 0.4) is 0 Å². The van der Waals surface area contributed by atoms with Gasteiger partial charge in [-0.25, -0.2) is 4.72 Å². The number of ether oxygens (including phenoxy) is 1. The summed E-state index contributed by atoms with van der Waals surface area (Å²) in [4.78, 5) is 12.3. The molecular formula is C15H10F3NO4S. The van der Waals surface area contributed by atoms with E-state index in [9.17, 15) is 26.4 Å². The number of fused-ring (bicyclic) bond motifs is 2. The van der Waals surface area contributed by atoms with Crippen LogP contribution < -0.4 is 9.46 Å². The first kappa shape index (κ1) is 16.3. The van der Waals surface area contributed by atoms with Gasteiger partial charge in [-0.05, 0) is 12.1 Å². The first-order valence-corrected chi connectivity index (χ1v) is 8.17. The van der Waals surface area contributed by atoms with E-state index < -0.39 is 27.4 Å². The van der Waals surface area contributed by atoms with Crippen molar-refractivity contribution in [2.75, 3.05) is 0 Å². The van der Waals surface area contributed by atoms with E-state index in [-0.39, 0.29) is 22.6 Å². The first-order chi connectivity index (χ1) is 11.2. The summed E-state index contributed by atoms with van der Waals surface area (Å²) in [7, 11) is -5.79. The maximum atomic E-state index is 12.5. The van der Waals surface area contributed by atoms with E-state index >= 15 is 0 Å². The van der Waals surface area contributed by atoms with Gasteiger partial charge in [-0.1, -0.05) is 36.4 Å². The number of halogens is 3. The molecule has 9 heteroatoms. The molecule has 0 atom stereocenters. The molecule has 0 saturated heterocycles. The van der Waals surface area contributed by atoms with Crippen molar-refractivity contribution in [3.8, 4) is 11.5 Å². The third kappa shape index (κ3) is 2.71. The Morgan fingerprint density at radius 2 is 1.42 bits per heavy atom. The highest BCUT2D eigenvalue weighted by Gasteiger charge is 2.48. The van der Waals surface area contributed by atoms with Crippen molar-refractivity contribution in [1.82, 2.24) is 4.72 Å². The van der Waals surface area contributed by atoms with E-state index in [4.69, 9.17) is 4.74 Å². The van der Waals surface area contributed by atoms with E-state index in [0.29, 0.717) is 0 Å². The van der Waals surface area contributed by atoms with Crippen LogP contribution in [0.15, 0.2) is 48.5 Å². The summed E-state index contributed by atoms with van der Waals surface area (Å²) in [6, 6.07) is 12.5. The summed E-state index contributed by atoms with van der Waals surface area (Å²) < 4.78 is 66.8. The van der Waals surface area contributed by atoms with Crippen molar-refractivity contribution in [2.24, 2.45) is 0 Å². The van der Waals surface area contributed by atoms with Crippen molar-refractivity contribution in [1.29, 1.82) is 0 Å². The normalized spacial score (nSPS) is 14.3. The highest BCUT2D eigenvalue weighted by molar-refractivity contribution is 7.90. The average molecular weight is 357 g/mol. The Balaban J connectivity index is 2.06. The summed E-state index contributed by atoms with van der Waals surface area (Å²) in [6.07, 6.45) is 0. The van der Waals surface area contributed by atoms with E-state index in [0.717, 1.165) is 4.72 Å². The van der Waals surface area contributed by atoms with Gasteiger partial charge in [-0.2, -0.15) is 21.6 Å². The molecule has 0 saturated carbocycles. The Morgan fingerprint density at radius 3 is 1.88 bits per heavy atom. The Labute approximate surface area is 135 Å². The van der Waals surface area contributed by atoms with E-state index in [1.807, 2.05) is 0 Å². The molecule has 0 unspecified atom stereocenters. The lowest BCUT2D eigenvalue weighted by atomic mass is 9.87. The fourth-order valence-corrected chi connectivity index (χ4v) is 2.94. The number of sulfonamides is 1. The quantitative estimate of drug-likeness (QED) is 0.897. The second kappa shape index (κ2) is 5.52. The summed E-state index contributed by atoms with van der Waals surface area (Å²) >= 11 is 0. The number of para-hydroxylation sites is 2. The third-order valence-corrected chi connectivity index (χ3v) is 4.56. The molecule has 1 aliphatic rings. The molecule has 24 heavy (non-hydrogen) atoms. The molecule has 1 aliphatic heterocycles. The molecule has 126 valence electrons. The molecule has 1 N–H and O–H groups in total. The third-order valence-electron chi connectivity index (χ3n) is 3.48. The standard InChI is InChI=1S/C15H10F3NO4S/c16-15(17,18)24(21,22)19-14(20)13-9-5-1-3-7-11(9)23-12-8-4-2-6-10(12)13/h1-8,13H,(H,19,20). The van der Waals surface area contributed by atoms with Gasteiger partial charge < -0.3 is 4.74 Å².